The molecule has 0 saturated heterocycles. The molecular weight excluding hydrogens is 1800 g/mol. The number of nitrogens with zero attached hydrogens (tertiary/aromatic N) is 5. The molecule has 0 fully saturated rings. The summed E-state index contributed by atoms with van der Waals surface area (Å²) in [6.45, 7) is 0. The number of para-hydroxylation sites is 11. The zero-order chi connectivity index (χ0) is 93.3. The molecule has 22 aromatic carbocycles. The molecule has 0 spiro atoms. The molecule has 0 aliphatic rings. The highest BCUT2D eigenvalue weighted by Gasteiger charge is 2.28. The highest BCUT2D eigenvalue weighted by molar-refractivity contribution is 7.27. The van der Waals surface area contributed by atoms with E-state index in [0.717, 1.165) is 94.0 Å². The fraction of sp³-hybridized carbons (Fsp3) is 0. The van der Waals surface area contributed by atoms with E-state index in [4.69, 9.17) is 13.3 Å². The molecule has 11 heteroatoms. The average Bonchev–Trinajstić information content (AvgIpc) is 1.55. The van der Waals surface area contributed by atoms with Crippen LogP contribution in [0.5, 0.6) is 0 Å². The van der Waals surface area contributed by atoms with E-state index in [1.54, 1.807) is 0 Å². The maximum atomic E-state index is 6.62. The van der Waals surface area contributed by atoms with Gasteiger partial charge in [0.25, 0.3) is 0 Å². The Morgan fingerprint density at radius 1 is 0.161 bits per heavy atom. The molecule has 143 heavy (non-hydrogen) atoms. The minimum Gasteiger partial charge on any atom is -0.455 e. The van der Waals surface area contributed by atoms with Gasteiger partial charge in [-0.3, -0.25) is 0 Å². The van der Waals surface area contributed by atoms with Crippen molar-refractivity contribution in [3.8, 4) is 61.8 Å². The highest BCUT2D eigenvalue weighted by Crippen LogP contribution is 2.52. The molecule has 666 valence electrons. The van der Waals surface area contributed by atoms with Gasteiger partial charge in [-0.15, -0.1) is 34.0 Å². The smallest absolute Gasteiger partial charge is 0.159 e. The summed E-state index contributed by atoms with van der Waals surface area (Å²) in [6.07, 6.45) is 0. The minimum atomic E-state index is 0.906. The number of hydrogen-bond acceptors (Lipinski definition) is 6. The second kappa shape index (κ2) is 31.2. The number of hydrogen-bond donors (Lipinski definition) is 0. The van der Waals surface area contributed by atoms with Gasteiger partial charge in [-0.1, -0.05) is 303 Å². The Bertz CT molecular complexity index is 11200. The molecule has 0 aliphatic carbocycles. The van der Waals surface area contributed by atoms with Gasteiger partial charge < -0.3 is 36.1 Å². The predicted molar refractivity (Wildman–Crippen MR) is 608 cm³/mol. The molecule has 33 rings (SSSR count). The summed E-state index contributed by atoms with van der Waals surface area (Å²) in [4.78, 5) is 0. The van der Waals surface area contributed by atoms with Gasteiger partial charge in [0.15, 0.2) is 11.2 Å². The van der Waals surface area contributed by atoms with E-state index in [1.165, 1.54) is 203 Å². The number of thiophene rings is 3. The average molecular weight is 1880 g/mol. The van der Waals surface area contributed by atoms with Gasteiger partial charge in [-0.05, 0) is 192 Å². The lowest BCUT2D eigenvalue weighted by Crippen LogP contribution is -1.94. The van der Waals surface area contributed by atoms with Crippen LogP contribution in [0.15, 0.2) is 480 Å². The molecule has 11 heterocycles. The van der Waals surface area contributed by atoms with Crippen molar-refractivity contribution in [3.05, 3.63) is 467 Å². The van der Waals surface area contributed by atoms with Crippen LogP contribution in [0.4, 0.5) is 0 Å². The Hall–Kier alpha value is -18.1. The molecule has 0 radical (unpaired) electrons. The van der Waals surface area contributed by atoms with E-state index in [-0.39, 0.29) is 0 Å². The van der Waals surface area contributed by atoms with Gasteiger partial charge in [0.05, 0.1) is 71.2 Å². The van der Waals surface area contributed by atoms with E-state index < -0.39 is 0 Å². The Balaban J connectivity index is 0.000000102. The van der Waals surface area contributed by atoms with Gasteiger partial charge in [0.2, 0.25) is 0 Å². The number of benzene rings is 22. The summed E-state index contributed by atoms with van der Waals surface area (Å²) < 4.78 is 39.4. The number of rotatable bonds is 8. The van der Waals surface area contributed by atoms with E-state index in [1.807, 2.05) is 58.3 Å². The quantitative estimate of drug-likeness (QED) is 0.152. The number of aromatic nitrogens is 5. The van der Waals surface area contributed by atoms with Crippen LogP contribution in [-0.2, 0) is 0 Å². The Labute approximate surface area is 827 Å². The molecular formula is C132H77N5O3S3. The topological polar surface area (TPSA) is 64.1 Å². The van der Waals surface area contributed by atoms with Gasteiger partial charge >= 0.3 is 0 Å². The Kier molecular flexibility index (Phi) is 17.4. The standard InChI is InChI=1S/C54H32N2OS.C48H28N2OS.C30H17NOS/c1-2-11-36(12-3-1)55-46-18-7-4-13-39(46)44-31-34(23-28-47(44)55)35-24-29-48-45(32-35)52-49(30-27-43-41-15-6-9-20-51(41)58-54(43)52)56(48)37-25-21-33(22-26-37)38-16-10-17-42-40-14-5-8-19-50(40)57-53(38)42;1-2-11-31(12-3-1)49-39-17-7-4-13-32(39)37-27-29(21-24-40(37)49)30-22-25-41-38(28-30)46-42(26-23-36-34-15-6-9-20-45(34)52-48(36)46)50(41)43-18-10-16-35-33-14-5-8-19-44(33)51-47(35)43;1-4-12-24-18(8-1)21-16-17-23-20-10-3-6-15-27(20)33-30(23)28(21)31(24)25-13-7-11-22-19-9-2-5-14-26(19)32-29(22)25/h1-32H;1-28H;1-17H. The van der Waals surface area contributed by atoms with Crippen LogP contribution >= 0.6 is 34.0 Å². The third-order valence-electron chi connectivity index (χ3n) is 29.9. The number of fused-ring (bicyclic) bond motifs is 36. The van der Waals surface area contributed by atoms with Gasteiger partial charge in [-0.2, -0.15) is 0 Å². The summed E-state index contributed by atoms with van der Waals surface area (Å²) in [5.74, 6) is 0. The van der Waals surface area contributed by atoms with Crippen LogP contribution in [0.25, 0.3) is 297 Å². The summed E-state index contributed by atoms with van der Waals surface area (Å²) in [5, 5.41) is 27.4. The maximum Gasteiger partial charge on any atom is 0.159 e. The van der Waals surface area contributed by atoms with Crippen molar-refractivity contribution in [3.63, 3.8) is 0 Å². The van der Waals surface area contributed by atoms with Gasteiger partial charge in [0, 0.05) is 165 Å². The maximum absolute atomic E-state index is 6.62. The van der Waals surface area contributed by atoms with E-state index in [0.29, 0.717) is 0 Å². The summed E-state index contributed by atoms with van der Waals surface area (Å²) in [6, 6.07) is 169. The highest BCUT2D eigenvalue weighted by atomic mass is 32.1. The molecule has 33 aromatic rings. The van der Waals surface area contributed by atoms with Crippen molar-refractivity contribution in [2.75, 3.05) is 0 Å². The lowest BCUT2D eigenvalue weighted by Gasteiger charge is -2.10. The molecule has 0 amide bonds. The lowest BCUT2D eigenvalue weighted by molar-refractivity contribution is 0.666. The molecule has 0 unspecified atom stereocenters. The summed E-state index contributed by atoms with van der Waals surface area (Å²) in [5.41, 5.74) is 30.2. The molecule has 0 atom stereocenters. The first-order valence-electron chi connectivity index (χ1n) is 48.6. The number of furan rings is 3. The lowest BCUT2D eigenvalue weighted by atomic mass is 10.00. The Morgan fingerprint density at radius 3 is 0.944 bits per heavy atom. The fourth-order valence-electron chi connectivity index (χ4n) is 23.5. The second-order valence-electron chi connectivity index (χ2n) is 37.5. The van der Waals surface area contributed by atoms with Crippen LogP contribution < -0.4 is 0 Å². The minimum absolute atomic E-state index is 0.906. The van der Waals surface area contributed by atoms with Crippen LogP contribution in [0.1, 0.15) is 0 Å². The predicted octanol–water partition coefficient (Wildman–Crippen LogP) is 38.3. The first kappa shape index (κ1) is 79.9. The van der Waals surface area contributed by atoms with Crippen molar-refractivity contribution < 1.29 is 13.3 Å². The molecule has 0 saturated carbocycles. The zero-order valence-electron chi connectivity index (χ0n) is 76.6. The van der Waals surface area contributed by atoms with Crippen LogP contribution in [0.3, 0.4) is 0 Å². The molecule has 11 aromatic heterocycles. The van der Waals surface area contributed by atoms with Crippen LogP contribution in [0, 0.1) is 0 Å². The van der Waals surface area contributed by atoms with Crippen LogP contribution in [0.2, 0.25) is 0 Å². The normalized spacial score (nSPS) is 12.2. The Morgan fingerprint density at radius 2 is 0.462 bits per heavy atom. The monoisotopic (exact) mass is 1880 g/mol. The molecule has 0 bridgehead atoms. The van der Waals surface area contributed by atoms with Crippen molar-refractivity contribution >= 4 is 269 Å². The third-order valence-corrected chi connectivity index (χ3v) is 33.5. The third kappa shape index (κ3) is 12.0. The largest absolute Gasteiger partial charge is 0.455 e. The molecule has 8 nitrogen and oxygen atoms in total. The van der Waals surface area contributed by atoms with Crippen molar-refractivity contribution in [1.82, 2.24) is 22.8 Å². The fourth-order valence-corrected chi connectivity index (χ4v) is 27.3. The summed E-state index contributed by atoms with van der Waals surface area (Å²) >= 11 is 5.66. The van der Waals surface area contributed by atoms with Gasteiger partial charge in [-0.25, -0.2) is 0 Å². The molecule has 0 N–H and O–H groups in total. The van der Waals surface area contributed by atoms with Crippen molar-refractivity contribution in [2.45, 2.75) is 0 Å². The van der Waals surface area contributed by atoms with Crippen molar-refractivity contribution in [1.29, 1.82) is 0 Å². The summed E-state index contributed by atoms with van der Waals surface area (Å²) in [7, 11) is 0. The second-order valence-corrected chi connectivity index (χ2v) is 40.6. The SMILES string of the molecule is c1ccc(-n2c3ccccc3c3cc(-c4ccc5c(c4)c4c6sc7ccccc7c6ccc4n5-c4ccc(-c5cccc6c5oc5ccccc56)cc4)ccc32)cc1.c1ccc(-n2c3ccccc3c3cc(-c4ccc5c(c4)c4c6sc7ccccc7c6ccc4n5-c4cccc5c4oc4ccccc45)ccc32)cc1.c1ccc2c(c1)oc1c(-n3c4ccccc4c4ccc5c6ccccc6sc5c43)cccc12. The van der Waals surface area contributed by atoms with E-state index in [2.05, 4.69) is 466 Å². The van der Waals surface area contributed by atoms with Crippen LogP contribution in [-0.4, -0.2) is 22.8 Å². The van der Waals surface area contributed by atoms with E-state index in [9.17, 15) is 0 Å². The molecule has 0 aliphatic heterocycles. The first-order chi connectivity index (χ1) is 70.9. The first-order valence-corrected chi connectivity index (χ1v) is 51.0. The zero-order valence-corrected chi connectivity index (χ0v) is 79.1. The van der Waals surface area contributed by atoms with Crippen molar-refractivity contribution in [2.24, 2.45) is 0 Å². The van der Waals surface area contributed by atoms with Gasteiger partial charge in [0.1, 0.15) is 22.3 Å². The van der Waals surface area contributed by atoms with E-state index >= 15 is 0 Å².